The molecule has 66 heavy (non-hydrogen) atoms. The first-order valence-electron chi connectivity index (χ1n) is 21.0. The number of aliphatic hydroxyl groups excluding tert-OH is 4. The summed E-state index contributed by atoms with van der Waals surface area (Å²) < 4.78 is 26.8. The van der Waals surface area contributed by atoms with Gasteiger partial charge < -0.3 is 50.0 Å². The van der Waals surface area contributed by atoms with E-state index in [2.05, 4.69) is 90.6 Å². The van der Waals surface area contributed by atoms with E-state index in [0.717, 1.165) is 55.6 Å². The third-order valence-corrected chi connectivity index (χ3v) is 11.9. The second-order valence-electron chi connectivity index (χ2n) is 15.4. The van der Waals surface area contributed by atoms with Crippen LogP contribution < -0.4 is 29.6 Å². The highest BCUT2D eigenvalue weighted by molar-refractivity contribution is 9.11. The van der Waals surface area contributed by atoms with E-state index < -0.39 is 12.2 Å². The van der Waals surface area contributed by atoms with Crippen molar-refractivity contribution in [3.63, 3.8) is 0 Å². The van der Waals surface area contributed by atoms with Crippen LogP contribution in [0.25, 0.3) is 11.1 Å². The number of benzene rings is 4. The number of ether oxygens (including phenoxy) is 4. The molecule has 0 saturated heterocycles. The first-order chi connectivity index (χ1) is 32.0. The first-order valence-corrected chi connectivity index (χ1v) is 22.6. The largest absolute Gasteiger partial charge is 0.488 e. The zero-order valence-electron chi connectivity index (χ0n) is 36.4. The van der Waals surface area contributed by atoms with Gasteiger partial charge in [-0.2, -0.15) is 10.5 Å². The molecule has 16 heteroatoms. The molecule has 0 fully saturated rings. The van der Waals surface area contributed by atoms with E-state index in [1.807, 2.05) is 48.5 Å². The van der Waals surface area contributed by atoms with Gasteiger partial charge in [-0.3, -0.25) is 9.97 Å². The van der Waals surface area contributed by atoms with E-state index in [1.54, 1.807) is 24.5 Å². The average Bonchev–Trinajstić information content (AvgIpc) is 3.33. The molecule has 342 valence electrons. The fourth-order valence-corrected chi connectivity index (χ4v) is 7.96. The minimum atomic E-state index is -0.903. The minimum absolute atomic E-state index is 0.162. The molecule has 2 heterocycles. The van der Waals surface area contributed by atoms with Gasteiger partial charge in [0.15, 0.2) is 0 Å². The van der Waals surface area contributed by atoms with E-state index in [1.165, 1.54) is 12.4 Å². The van der Waals surface area contributed by atoms with Crippen LogP contribution in [0.5, 0.6) is 23.0 Å². The Kier molecular flexibility index (Phi) is 18.4. The van der Waals surface area contributed by atoms with Gasteiger partial charge >= 0.3 is 0 Å². The zero-order valence-corrected chi connectivity index (χ0v) is 39.6. The topological polar surface area (TPSA) is 215 Å². The third-order valence-electron chi connectivity index (χ3n) is 10.6. The molecule has 6 N–H and O–H groups in total. The quantitative estimate of drug-likeness (QED) is 0.0374. The maximum atomic E-state index is 9.87. The second-order valence-corrected chi connectivity index (χ2v) is 17.1. The number of hydrogen-bond donors (Lipinski definition) is 6. The highest BCUT2D eigenvalue weighted by atomic mass is 79.9. The molecule has 0 saturated carbocycles. The number of aliphatic hydroxyl groups is 4. The van der Waals surface area contributed by atoms with Gasteiger partial charge in [-0.15, -0.1) is 0 Å². The lowest BCUT2D eigenvalue weighted by molar-refractivity contribution is 0.0941. The molecule has 14 nitrogen and oxygen atoms in total. The summed E-state index contributed by atoms with van der Waals surface area (Å²) >= 11 is 7.36. The molecule has 6 aromatic rings. The highest BCUT2D eigenvalue weighted by Crippen LogP contribution is 2.37. The number of pyridine rings is 2. The van der Waals surface area contributed by atoms with Gasteiger partial charge in [0, 0.05) is 85.4 Å². The van der Waals surface area contributed by atoms with E-state index in [4.69, 9.17) is 18.9 Å². The molecule has 0 aliphatic rings. The van der Waals surface area contributed by atoms with Gasteiger partial charge in [0.05, 0.1) is 45.5 Å². The van der Waals surface area contributed by atoms with Crippen molar-refractivity contribution in [1.82, 2.24) is 20.6 Å². The Morgan fingerprint density at radius 2 is 0.970 bits per heavy atom. The number of rotatable bonds is 23. The first kappa shape index (κ1) is 49.5. The summed E-state index contributed by atoms with van der Waals surface area (Å²) in [7, 11) is 0. The van der Waals surface area contributed by atoms with Crippen LogP contribution in [-0.2, 0) is 39.5 Å². The van der Waals surface area contributed by atoms with Crippen molar-refractivity contribution in [2.45, 2.75) is 65.6 Å². The predicted molar refractivity (Wildman–Crippen MR) is 254 cm³/mol. The minimum Gasteiger partial charge on any atom is -0.488 e. The number of halogens is 2. The maximum absolute atomic E-state index is 9.87. The van der Waals surface area contributed by atoms with Gasteiger partial charge in [-0.05, 0) is 103 Å². The average molecular weight is 1020 g/mol. The Balaban J connectivity index is 1.18. The van der Waals surface area contributed by atoms with Crippen molar-refractivity contribution in [2.75, 3.05) is 26.3 Å². The van der Waals surface area contributed by atoms with Crippen LogP contribution in [0.4, 0.5) is 0 Å². The van der Waals surface area contributed by atoms with Crippen LogP contribution in [0.2, 0.25) is 0 Å². The van der Waals surface area contributed by atoms with Crippen molar-refractivity contribution in [2.24, 2.45) is 0 Å². The molecule has 0 aliphatic heterocycles. The molecule has 0 spiro atoms. The molecular weight excluding hydrogens is 972 g/mol. The Hall–Kier alpha value is -5.92. The van der Waals surface area contributed by atoms with Crippen molar-refractivity contribution >= 4 is 31.9 Å². The second kappa shape index (κ2) is 24.6. The van der Waals surface area contributed by atoms with Gasteiger partial charge in [0.25, 0.3) is 0 Å². The maximum Gasteiger partial charge on any atom is 0.137 e. The SMILES string of the molecule is Cc1c(COc2cc(OCc3cncc(C#N)c3)c(CNCC(O)CO)cc2Br)cccc1-c1cccc(COc2cc(OCc3cncc(C#N)c3)c(CNC[C@H](O)CO)cc2Br)c1C. The molecule has 0 aliphatic carbocycles. The zero-order chi connectivity index (χ0) is 47.0. The lowest BCUT2D eigenvalue weighted by atomic mass is 9.92. The number of hydrogen-bond acceptors (Lipinski definition) is 14. The molecular formula is C50H50Br2N6O8. The van der Waals surface area contributed by atoms with Crippen LogP contribution in [0, 0.1) is 36.5 Å². The molecule has 0 bridgehead atoms. The van der Waals surface area contributed by atoms with Crippen LogP contribution in [0.3, 0.4) is 0 Å². The number of nitrogens with one attached hydrogen (secondary N) is 2. The van der Waals surface area contributed by atoms with Crippen molar-refractivity contribution in [3.05, 3.63) is 162 Å². The lowest BCUT2D eigenvalue weighted by Crippen LogP contribution is -2.29. The summed E-state index contributed by atoms with van der Waals surface area (Å²) in [5.74, 6) is 2.20. The fraction of sp³-hybridized carbons (Fsp3) is 0.280. The number of nitrogens with zero attached hydrogens (tertiary/aromatic N) is 4. The number of aromatic nitrogens is 2. The number of nitriles is 2. The smallest absolute Gasteiger partial charge is 0.137 e. The lowest BCUT2D eigenvalue weighted by Gasteiger charge is -2.19. The molecule has 6 rings (SSSR count). The van der Waals surface area contributed by atoms with E-state index in [-0.39, 0.29) is 52.7 Å². The summed E-state index contributed by atoms with van der Waals surface area (Å²) in [5.41, 5.74) is 10.1. The van der Waals surface area contributed by atoms with Crippen molar-refractivity contribution in [1.29, 1.82) is 10.5 Å². The summed E-state index contributed by atoms with van der Waals surface area (Å²) in [6.07, 6.45) is 4.47. The Morgan fingerprint density at radius 1 is 0.561 bits per heavy atom. The molecule has 2 atom stereocenters. The standard InChI is InChI=1S/C50H50Br2N6O8/c1-31-37(29-65-49-13-47(63-27-35-9-33(15-53)17-55-19-35)39(11-45(49)51)21-57-23-41(61)25-59)5-3-7-43(31)44-8-4-6-38(32(44)2)30-66-50-14-48(64-28-36-10-34(16-54)18-56-20-36)40(12-46(50)52)22-58-24-42(62)26-60/h3-14,17-20,41-42,57-62H,21-30H2,1-2H3/t41-,42?/m0/s1. The molecule has 2 aromatic heterocycles. The predicted octanol–water partition coefficient (Wildman–Crippen LogP) is 7.23. The highest BCUT2D eigenvalue weighted by Gasteiger charge is 2.17. The van der Waals surface area contributed by atoms with Crippen molar-refractivity contribution in [3.8, 4) is 46.3 Å². The van der Waals surface area contributed by atoms with Crippen LogP contribution in [-0.4, -0.2) is 68.9 Å². The summed E-state index contributed by atoms with van der Waals surface area (Å²) in [6, 6.07) is 27.3. The molecule has 0 radical (unpaired) electrons. The van der Waals surface area contributed by atoms with Gasteiger partial charge in [-0.1, -0.05) is 36.4 Å². The van der Waals surface area contributed by atoms with Crippen LogP contribution >= 0.6 is 31.9 Å². The van der Waals surface area contributed by atoms with E-state index in [9.17, 15) is 30.9 Å². The van der Waals surface area contributed by atoms with Gasteiger partial charge in [-0.25, -0.2) is 0 Å². The van der Waals surface area contributed by atoms with Crippen molar-refractivity contribution < 1.29 is 39.4 Å². The summed E-state index contributed by atoms with van der Waals surface area (Å²) in [5, 5.41) is 63.3. The molecule has 0 amide bonds. The summed E-state index contributed by atoms with van der Waals surface area (Å²) in [4.78, 5) is 8.28. The fourth-order valence-electron chi connectivity index (χ4n) is 6.95. The van der Waals surface area contributed by atoms with Gasteiger partial charge in [0.2, 0.25) is 0 Å². The van der Waals surface area contributed by atoms with Crippen LogP contribution in [0.1, 0.15) is 55.6 Å². The van der Waals surface area contributed by atoms with Crippen LogP contribution in [0.15, 0.2) is 107 Å². The Morgan fingerprint density at radius 3 is 1.36 bits per heavy atom. The van der Waals surface area contributed by atoms with E-state index in [0.29, 0.717) is 56.2 Å². The molecule has 4 aromatic carbocycles. The normalized spacial score (nSPS) is 11.9. The van der Waals surface area contributed by atoms with Gasteiger partial charge in [0.1, 0.15) is 61.6 Å². The Labute approximate surface area is 400 Å². The van der Waals surface area contributed by atoms with E-state index >= 15 is 0 Å². The summed E-state index contributed by atoms with van der Waals surface area (Å²) in [6.45, 7) is 5.36. The Bertz CT molecular complexity index is 2510. The monoisotopic (exact) mass is 1020 g/mol. The third kappa shape index (κ3) is 13.6. The molecule has 1 unspecified atom stereocenters.